The molecule has 0 radical (unpaired) electrons. The van der Waals surface area contributed by atoms with Gasteiger partial charge >= 0.3 is 0 Å². The molecule has 0 aliphatic carbocycles. The number of benzene rings is 2. The van der Waals surface area contributed by atoms with Crippen molar-refractivity contribution in [2.24, 2.45) is 0 Å². The Hall–Kier alpha value is -3.39. The minimum Gasteiger partial charge on any atom is -0.312 e. The van der Waals surface area contributed by atoms with Crippen molar-refractivity contribution in [3.8, 4) is 0 Å². The van der Waals surface area contributed by atoms with E-state index in [9.17, 15) is 14.0 Å². The average molecular weight is 408 g/mol. The van der Waals surface area contributed by atoms with Gasteiger partial charge in [0.05, 0.1) is 0 Å². The molecule has 3 aromatic rings. The lowest BCUT2D eigenvalue weighted by atomic mass is 10.1. The average Bonchev–Trinajstić information content (AvgIpc) is 3.34. The van der Waals surface area contributed by atoms with Crippen molar-refractivity contribution in [2.45, 2.75) is 12.3 Å². The van der Waals surface area contributed by atoms with Crippen molar-refractivity contribution in [1.29, 1.82) is 0 Å². The summed E-state index contributed by atoms with van der Waals surface area (Å²) in [7, 11) is 0. The van der Waals surface area contributed by atoms with Gasteiger partial charge in [0.15, 0.2) is 0 Å². The molecule has 6 nitrogen and oxygen atoms in total. The number of halogens is 1. The fourth-order valence-electron chi connectivity index (χ4n) is 3.08. The topological polar surface area (TPSA) is 75.2 Å². The third-order valence-electron chi connectivity index (χ3n) is 4.51. The van der Waals surface area contributed by atoms with Crippen molar-refractivity contribution in [1.82, 2.24) is 10.2 Å². The minimum absolute atomic E-state index is 0.0480. The highest BCUT2D eigenvalue weighted by atomic mass is 32.1. The fraction of sp³-hybridized carbons (Fsp3) is 0.143. The van der Waals surface area contributed by atoms with Crippen molar-refractivity contribution in [3.63, 3.8) is 0 Å². The first-order chi connectivity index (χ1) is 14.1. The smallest absolute Gasteiger partial charge is 0.250 e. The molecule has 1 aliphatic rings. The van der Waals surface area contributed by atoms with Gasteiger partial charge in [-0.2, -0.15) is 0 Å². The second-order valence-corrected chi connectivity index (χ2v) is 7.57. The summed E-state index contributed by atoms with van der Waals surface area (Å²) in [5.74, 6) is -0.807. The van der Waals surface area contributed by atoms with Crippen LogP contribution in [0.3, 0.4) is 0 Å². The molecular formula is C21H17FN4O2S. The van der Waals surface area contributed by atoms with Gasteiger partial charge in [0.25, 0.3) is 0 Å². The number of hydrogen-bond acceptors (Lipinski definition) is 5. The highest BCUT2D eigenvalue weighted by Gasteiger charge is 2.33. The van der Waals surface area contributed by atoms with Crippen LogP contribution < -0.4 is 10.2 Å². The Bertz CT molecular complexity index is 1050. The summed E-state index contributed by atoms with van der Waals surface area (Å²) in [5, 5.41) is 11.9. The first kappa shape index (κ1) is 18.9. The molecule has 1 atom stereocenters. The minimum atomic E-state index is -0.345. The zero-order valence-electron chi connectivity index (χ0n) is 15.3. The lowest BCUT2D eigenvalue weighted by molar-refractivity contribution is -0.117. The summed E-state index contributed by atoms with van der Waals surface area (Å²) in [4.78, 5) is 26.1. The van der Waals surface area contributed by atoms with Crippen LogP contribution in [0.4, 0.5) is 15.2 Å². The fourth-order valence-corrected chi connectivity index (χ4v) is 3.91. The Kier molecular flexibility index (Phi) is 5.44. The van der Waals surface area contributed by atoms with E-state index in [-0.39, 0.29) is 23.5 Å². The van der Waals surface area contributed by atoms with Crippen molar-refractivity contribution >= 4 is 40.0 Å². The third kappa shape index (κ3) is 4.55. The number of nitrogens with one attached hydrogen (secondary N) is 1. The lowest BCUT2D eigenvalue weighted by Crippen LogP contribution is -2.24. The molecule has 8 heteroatoms. The molecule has 1 fully saturated rings. The molecule has 0 spiro atoms. The van der Waals surface area contributed by atoms with E-state index in [2.05, 4.69) is 15.5 Å². The second-order valence-electron chi connectivity index (χ2n) is 6.56. The Morgan fingerprint density at radius 2 is 1.90 bits per heavy atom. The van der Waals surface area contributed by atoms with E-state index in [0.29, 0.717) is 28.8 Å². The van der Waals surface area contributed by atoms with Gasteiger partial charge in [-0.25, -0.2) is 4.39 Å². The highest BCUT2D eigenvalue weighted by molar-refractivity contribution is 7.15. The molecule has 1 N–H and O–H groups in total. The van der Waals surface area contributed by atoms with Crippen LogP contribution in [0.2, 0.25) is 0 Å². The van der Waals surface area contributed by atoms with Gasteiger partial charge < -0.3 is 4.90 Å². The van der Waals surface area contributed by atoms with Crippen LogP contribution >= 0.6 is 11.3 Å². The van der Waals surface area contributed by atoms with Crippen LogP contribution in [0.25, 0.3) is 6.08 Å². The number of anilines is 2. The standard InChI is InChI=1S/C21H17FN4O2S/c22-16-7-9-17(10-8-16)26-13-15(12-19(26)28)20-24-25-21(29-20)23-18(27)11-6-14-4-2-1-3-5-14/h1-11,15H,12-13H2,(H,23,25,27)/b11-6+. The molecule has 2 heterocycles. The highest BCUT2D eigenvalue weighted by Crippen LogP contribution is 2.34. The summed E-state index contributed by atoms with van der Waals surface area (Å²) in [6.07, 6.45) is 3.45. The monoisotopic (exact) mass is 408 g/mol. The van der Waals surface area contributed by atoms with Crippen LogP contribution in [0.1, 0.15) is 22.9 Å². The second kappa shape index (κ2) is 8.32. The molecule has 146 valence electrons. The SMILES string of the molecule is O=C(/C=C/c1ccccc1)Nc1nnc(C2CC(=O)N(c3ccc(F)cc3)C2)s1. The number of hydrogen-bond donors (Lipinski definition) is 1. The molecule has 1 aromatic heterocycles. The molecule has 0 saturated carbocycles. The van der Waals surface area contributed by atoms with Crippen LogP contribution in [-0.4, -0.2) is 28.6 Å². The normalized spacial score (nSPS) is 16.5. The Morgan fingerprint density at radius 1 is 1.14 bits per heavy atom. The summed E-state index contributed by atoms with van der Waals surface area (Å²) < 4.78 is 13.1. The Balaban J connectivity index is 1.39. The van der Waals surface area contributed by atoms with E-state index in [1.165, 1.54) is 29.5 Å². The molecule has 1 saturated heterocycles. The Morgan fingerprint density at radius 3 is 2.66 bits per heavy atom. The largest absolute Gasteiger partial charge is 0.312 e. The molecule has 29 heavy (non-hydrogen) atoms. The maximum atomic E-state index is 13.1. The van der Waals surface area contributed by atoms with E-state index in [1.54, 1.807) is 23.1 Å². The number of rotatable bonds is 5. The first-order valence-electron chi connectivity index (χ1n) is 9.02. The van der Waals surface area contributed by atoms with Gasteiger partial charge in [-0.1, -0.05) is 41.7 Å². The molecule has 1 aliphatic heterocycles. The van der Waals surface area contributed by atoms with E-state index < -0.39 is 0 Å². The quantitative estimate of drug-likeness (QED) is 0.651. The van der Waals surface area contributed by atoms with Crippen molar-refractivity contribution < 1.29 is 14.0 Å². The molecule has 2 amide bonds. The van der Waals surface area contributed by atoms with Gasteiger partial charge in [0.2, 0.25) is 16.9 Å². The van der Waals surface area contributed by atoms with Gasteiger partial charge in [0, 0.05) is 30.6 Å². The van der Waals surface area contributed by atoms with E-state index >= 15 is 0 Å². The summed E-state index contributed by atoms with van der Waals surface area (Å²) in [6, 6.07) is 15.3. The van der Waals surface area contributed by atoms with Crippen LogP contribution in [0, 0.1) is 5.82 Å². The zero-order chi connectivity index (χ0) is 20.2. The van der Waals surface area contributed by atoms with E-state index in [0.717, 1.165) is 5.56 Å². The molecule has 1 unspecified atom stereocenters. The van der Waals surface area contributed by atoms with Crippen molar-refractivity contribution in [2.75, 3.05) is 16.8 Å². The number of carbonyl (C=O) groups is 2. The zero-order valence-corrected chi connectivity index (χ0v) is 16.1. The molecule has 2 aromatic carbocycles. The summed E-state index contributed by atoms with van der Waals surface area (Å²) in [6.45, 7) is 0.445. The van der Waals surface area contributed by atoms with E-state index in [1.807, 2.05) is 30.3 Å². The van der Waals surface area contributed by atoms with Crippen LogP contribution in [0.5, 0.6) is 0 Å². The lowest BCUT2D eigenvalue weighted by Gasteiger charge is -2.16. The molecular weight excluding hydrogens is 391 g/mol. The summed E-state index contributed by atoms with van der Waals surface area (Å²) in [5.41, 5.74) is 1.58. The molecule has 4 rings (SSSR count). The number of nitrogens with zero attached hydrogens (tertiary/aromatic N) is 3. The predicted octanol–water partition coefficient (Wildman–Crippen LogP) is 3.85. The van der Waals surface area contributed by atoms with Gasteiger partial charge in [-0.05, 0) is 35.9 Å². The van der Waals surface area contributed by atoms with Crippen LogP contribution in [-0.2, 0) is 9.59 Å². The third-order valence-corrected chi connectivity index (χ3v) is 5.51. The number of carbonyl (C=O) groups excluding carboxylic acids is 2. The predicted molar refractivity (Wildman–Crippen MR) is 110 cm³/mol. The van der Waals surface area contributed by atoms with Gasteiger partial charge in [0.1, 0.15) is 10.8 Å². The van der Waals surface area contributed by atoms with Gasteiger partial charge in [-0.3, -0.25) is 14.9 Å². The van der Waals surface area contributed by atoms with Crippen molar-refractivity contribution in [3.05, 3.63) is 77.1 Å². The maximum absolute atomic E-state index is 13.1. The number of aromatic nitrogens is 2. The van der Waals surface area contributed by atoms with Crippen LogP contribution in [0.15, 0.2) is 60.7 Å². The molecule has 0 bridgehead atoms. The van der Waals surface area contributed by atoms with Gasteiger partial charge in [-0.15, -0.1) is 10.2 Å². The van der Waals surface area contributed by atoms with E-state index in [4.69, 9.17) is 0 Å². The summed E-state index contributed by atoms with van der Waals surface area (Å²) >= 11 is 1.25. The maximum Gasteiger partial charge on any atom is 0.250 e. The first-order valence-corrected chi connectivity index (χ1v) is 9.83. The number of amides is 2. The Labute approximate surface area is 170 Å².